The molecule has 0 saturated heterocycles. The third-order valence-corrected chi connectivity index (χ3v) is 2.79. The van der Waals surface area contributed by atoms with Crippen molar-refractivity contribution >= 4 is 11.6 Å². The second-order valence-electron chi connectivity index (χ2n) is 4.21. The van der Waals surface area contributed by atoms with Crippen molar-refractivity contribution in [2.45, 2.75) is 13.5 Å². The van der Waals surface area contributed by atoms with Crippen LogP contribution in [-0.2, 0) is 6.54 Å². The number of phenols is 1. The number of hydrogen-bond acceptors (Lipinski definition) is 4. The van der Waals surface area contributed by atoms with Crippen LogP contribution < -0.4 is 11.1 Å². The lowest BCUT2D eigenvalue weighted by Gasteiger charge is -2.09. The molecule has 0 atom stereocenters. The molecule has 5 nitrogen and oxygen atoms in total. The smallest absolute Gasteiger partial charge is 0.253 e. The molecule has 0 aliphatic rings. The number of nitrogen functional groups attached to an aromatic ring is 1. The van der Waals surface area contributed by atoms with E-state index in [0.29, 0.717) is 22.5 Å². The first-order valence-electron chi connectivity index (χ1n) is 5.85. The van der Waals surface area contributed by atoms with Crippen LogP contribution in [0, 0.1) is 6.92 Å². The Kier molecular flexibility index (Phi) is 3.66. The second kappa shape index (κ2) is 5.39. The predicted octanol–water partition coefficient (Wildman–Crippen LogP) is 1.61. The van der Waals surface area contributed by atoms with Gasteiger partial charge in [0.25, 0.3) is 5.91 Å². The average Bonchev–Trinajstić information content (AvgIpc) is 2.40. The summed E-state index contributed by atoms with van der Waals surface area (Å²) >= 11 is 0. The Hall–Kier alpha value is -2.56. The Labute approximate surface area is 111 Å². The highest BCUT2D eigenvalue weighted by Crippen LogP contribution is 2.19. The highest BCUT2D eigenvalue weighted by molar-refractivity contribution is 5.95. The zero-order valence-corrected chi connectivity index (χ0v) is 10.6. The van der Waals surface area contributed by atoms with Crippen molar-refractivity contribution in [1.29, 1.82) is 0 Å². The van der Waals surface area contributed by atoms with Gasteiger partial charge in [0.05, 0.1) is 5.56 Å². The minimum atomic E-state index is -0.229. The molecular formula is C14H15N3O2. The summed E-state index contributed by atoms with van der Waals surface area (Å²) < 4.78 is 0. The SMILES string of the molecule is Cc1ncccc1C(=O)NCc1cc(N)ccc1O. The van der Waals surface area contributed by atoms with Crippen molar-refractivity contribution in [2.24, 2.45) is 0 Å². The first-order valence-corrected chi connectivity index (χ1v) is 5.85. The molecule has 0 unspecified atom stereocenters. The largest absolute Gasteiger partial charge is 0.508 e. The number of benzene rings is 1. The number of aromatic nitrogens is 1. The van der Waals surface area contributed by atoms with E-state index in [1.807, 2.05) is 0 Å². The number of anilines is 1. The van der Waals surface area contributed by atoms with Crippen LogP contribution in [0.4, 0.5) is 5.69 Å². The van der Waals surface area contributed by atoms with Crippen LogP contribution in [0.15, 0.2) is 36.5 Å². The maximum absolute atomic E-state index is 12.0. The summed E-state index contributed by atoms with van der Waals surface area (Å²) in [6.07, 6.45) is 1.63. The predicted molar refractivity (Wildman–Crippen MR) is 72.7 cm³/mol. The molecule has 1 amide bonds. The number of hydrogen-bond donors (Lipinski definition) is 3. The van der Waals surface area contributed by atoms with Crippen LogP contribution in [0.2, 0.25) is 0 Å². The summed E-state index contributed by atoms with van der Waals surface area (Å²) in [5, 5.41) is 12.4. The van der Waals surface area contributed by atoms with Crippen LogP contribution in [0.3, 0.4) is 0 Å². The molecular weight excluding hydrogens is 242 g/mol. The molecule has 0 aliphatic carbocycles. The van der Waals surface area contributed by atoms with Gasteiger partial charge in [-0.05, 0) is 37.3 Å². The highest BCUT2D eigenvalue weighted by atomic mass is 16.3. The summed E-state index contributed by atoms with van der Waals surface area (Å²) in [5.41, 5.74) is 7.94. The van der Waals surface area contributed by atoms with Crippen LogP contribution in [0.1, 0.15) is 21.6 Å². The maximum Gasteiger partial charge on any atom is 0.253 e. The normalized spacial score (nSPS) is 10.2. The third-order valence-electron chi connectivity index (χ3n) is 2.79. The molecule has 19 heavy (non-hydrogen) atoms. The standard InChI is InChI=1S/C14H15N3O2/c1-9-12(3-2-6-16-9)14(19)17-8-10-7-11(15)4-5-13(10)18/h2-7,18H,8,15H2,1H3,(H,17,19). The number of phenolic OH excluding ortho intramolecular Hbond substituents is 1. The average molecular weight is 257 g/mol. The lowest BCUT2D eigenvalue weighted by Crippen LogP contribution is -2.24. The van der Waals surface area contributed by atoms with Gasteiger partial charge in [-0.15, -0.1) is 0 Å². The summed E-state index contributed by atoms with van der Waals surface area (Å²) in [7, 11) is 0. The van der Waals surface area contributed by atoms with Gasteiger partial charge in [-0.2, -0.15) is 0 Å². The van der Waals surface area contributed by atoms with Crippen molar-refractivity contribution in [2.75, 3.05) is 5.73 Å². The molecule has 1 heterocycles. The van der Waals surface area contributed by atoms with Crippen molar-refractivity contribution < 1.29 is 9.90 Å². The fourth-order valence-electron chi connectivity index (χ4n) is 1.74. The van der Waals surface area contributed by atoms with E-state index < -0.39 is 0 Å². The molecule has 1 aromatic carbocycles. The summed E-state index contributed by atoms with van der Waals surface area (Å²) in [6, 6.07) is 8.15. The van der Waals surface area contributed by atoms with Gasteiger partial charge < -0.3 is 16.2 Å². The van der Waals surface area contributed by atoms with E-state index in [2.05, 4.69) is 10.3 Å². The van der Waals surface area contributed by atoms with Crippen molar-refractivity contribution in [3.63, 3.8) is 0 Å². The van der Waals surface area contributed by atoms with Gasteiger partial charge in [-0.1, -0.05) is 0 Å². The van der Waals surface area contributed by atoms with E-state index in [-0.39, 0.29) is 18.2 Å². The molecule has 0 aliphatic heterocycles. The molecule has 1 aromatic heterocycles. The van der Waals surface area contributed by atoms with Crippen LogP contribution in [-0.4, -0.2) is 16.0 Å². The highest BCUT2D eigenvalue weighted by Gasteiger charge is 2.10. The van der Waals surface area contributed by atoms with Gasteiger partial charge in [0, 0.05) is 29.7 Å². The van der Waals surface area contributed by atoms with Crippen molar-refractivity contribution in [3.05, 3.63) is 53.3 Å². The molecule has 0 fully saturated rings. The number of amides is 1. The zero-order valence-electron chi connectivity index (χ0n) is 10.6. The van der Waals surface area contributed by atoms with Gasteiger partial charge in [0.1, 0.15) is 5.75 Å². The van der Waals surface area contributed by atoms with E-state index in [0.717, 1.165) is 0 Å². The van der Waals surface area contributed by atoms with E-state index in [1.165, 1.54) is 6.07 Å². The molecule has 0 spiro atoms. The van der Waals surface area contributed by atoms with Crippen molar-refractivity contribution in [1.82, 2.24) is 10.3 Å². The van der Waals surface area contributed by atoms with Gasteiger partial charge >= 0.3 is 0 Å². The van der Waals surface area contributed by atoms with Gasteiger partial charge in [-0.3, -0.25) is 9.78 Å². The number of carbonyl (C=O) groups is 1. The fourth-order valence-corrected chi connectivity index (χ4v) is 1.74. The topological polar surface area (TPSA) is 88.2 Å². The zero-order chi connectivity index (χ0) is 13.8. The Morgan fingerprint density at radius 3 is 2.95 bits per heavy atom. The molecule has 2 rings (SSSR count). The van der Waals surface area contributed by atoms with Gasteiger partial charge in [-0.25, -0.2) is 0 Å². The minimum Gasteiger partial charge on any atom is -0.508 e. The number of nitrogens with one attached hydrogen (secondary N) is 1. The molecule has 0 saturated carbocycles. The number of rotatable bonds is 3. The number of nitrogens with zero attached hydrogens (tertiary/aromatic N) is 1. The number of pyridine rings is 1. The third kappa shape index (κ3) is 3.01. The summed E-state index contributed by atoms with van der Waals surface area (Å²) in [4.78, 5) is 16.0. The molecule has 0 bridgehead atoms. The Morgan fingerprint density at radius 2 is 2.21 bits per heavy atom. The van der Waals surface area contributed by atoms with Crippen molar-refractivity contribution in [3.8, 4) is 5.75 Å². The monoisotopic (exact) mass is 257 g/mol. The van der Waals surface area contributed by atoms with Crippen LogP contribution in [0.5, 0.6) is 5.75 Å². The lowest BCUT2D eigenvalue weighted by atomic mass is 10.1. The van der Waals surface area contributed by atoms with E-state index in [1.54, 1.807) is 37.4 Å². The molecule has 4 N–H and O–H groups in total. The quantitative estimate of drug-likeness (QED) is 0.575. The van der Waals surface area contributed by atoms with Crippen LogP contribution >= 0.6 is 0 Å². The number of nitrogens with two attached hydrogens (primary N) is 1. The Morgan fingerprint density at radius 1 is 1.42 bits per heavy atom. The number of aryl methyl sites for hydroxylation is 1. The maximum atomic E-state index is 12.0. The van der Waals surface area contributed by atoms with Gasteiger partial charge in [0.2, 0.25) is 0 Å². The van der Waals surface area contributed by atoms with E-state index >= 15 is 0 Å². The number of carbonyl (C=O) groups excluding carboxylic acids is 1. The molecule has 5 heteroatoms. The Bertz CT molecular complexity index is 611. The Balaban J connectivity index is 2.09. The lowest BCUT2D eigenvalue weighted by molar-refractivity contribution is 0.0949. The molecule has 98 valence electrons. The number of aromatic hydroxyl groups is 1. The van der Waals surface area contributed by atoms with E-state index in [9.17, 15) is 9.90 Å². The minimum absolute atomic E-state index is 0.109. The first-order chi connectivity index (χ1) is 9.08. The summed E-state index contributed by atoms with van der Waals surface area (Å²) in [6.45, 7) is 1.98. The first kappa shape index (κ1) is 12.9. The molecule has 2 aromatic rings. The van der Waals surface area contributed by atoms with Crippen LogP contribution in [0.25, 0.3) is 0 Å². The second-order valence-corrected chi connectivity index (χ2v) is 4.21. The summed E-state index contributed by atoms with van der Waals surface area (Å²) in [5.74, 6) is -0.121. The fraction of sp³-hybridized carbons (Fsp3) is 0.143. The van der Waals surface area contributed by atoms with E-state index in [4.69, 9.17) is 5.73 Å². The van der Waals surface area contributed by atoms with Gasteiger partial charge in [0.15, 0.2) is 0 Å². The molecule has 0 radical (unpaired) electrons.